The van der Waals surface area contributed by atoms with E-state index >= 15 is 0 Å². The van der Waals surface area contributed by atoms with Crippen LogP contribution in [0.25, 0.3) is 83.4 Å². The fraction of sp³-hybridized carbons (Fsp3) is 0.0408. The molecule has 7 aromatic carbocycles. The summed E-state index contributed by atoms with van der Waals surface area (Å²) in [4.78, 5) is 5.04. The van der Waals surface area contributed by atoms with Gasteiger partial charge in [0, 0.05) is 45.3 Å². The van der Waals surface area contributed by atoms with Gasteiger partial charge in [-0.3, -0.25) is 4.57 Å². The van der Waals surface area contributed by atoms with Crippen LogP contribution in [0.2, 0.25) is 0 Å². The van der Waals surface area contributed by atoms with Crippen LogP contribution in [0, 0.1) is 0 Å². The summed E-state index contributed by atoms with van der Waals surface area (Å²) < 4.78 is 11.5. The highest BCUT2D eigenvalue weighted by molar-refractivity contribution is 6.11. The Morgan fingerprint density at radius 1 is 0.509 bits per heavy atom. The molecule has 0 radical (unpaired) electrons. The lowest BCUT2D eigenvalue weighted by Crippen LogP contribution is -2.17. The molecule has 2 aromatic heterocycles. The van der Waals surface area contributed by atoms with Crippen LogP contribution in [-0.4, -0.2) is 20.2 Å². The summed E-state index contributed by atoms with van der Waals surface area (Å²) in [5.74, 6) is 1.88. The van der Waals surface area contributed by atoms with E-state index in [0.29, 0.717) is 0 Å². The largest absolute Gasteiger partial charge is 0.485 e. The molecule has 0 saturated carbocycles. The van der Waals surface area contributed by atoms with Gasteiger partial charge in [-0.25, -0.2) is 4.98 Å². The minimum Gasteiger partial charge on any atom is -0.485 e. The van der Waals surface area contributed by atoms with Gasteiger partial charge in [-0.2, -0.15) is 0 Å². The van der Waals surface area contributed by atoms with Crippen molar-refractivity contribution in [3.63, 3.8) is 0 Å². The summed E-state index contributed by atoms with van der Waals surface area (Å²) in [5.41, 5.74) is 15.1. The molecule has 0 spiro atoms. The summed E-state index contributed by atoms with van der Waals surface area (Å²) in [6.45, 7) is 0. The number of benzene rings is 7. The van der Waals surface area contributed by atoms with E-state index in [1.165, 1.54) is 55.3 Å². The standard InChI is InChI=1S/C49H33N3O/c1-3-12-32(13-4-1)35-24-29-44-41(30-35)39-16-7-9-19-43(39)51(44)37-27-28-40-47(31-37)53-46-21-11-17-38(48(40)46)33-22-25-36(26-23-33)52-45-20-10-8-18-42(45)50-49(52)34-14-5-2-6-15-34/h1-30,47H,31H2. The average molecular weight is 680 g/mol. The second kappa shape index (κ2) is 11.8. The van der Waals surface area contributed by atoms with Gasteiger partial charge in [0.25, 0.3) is 0 Å². The van der Waals surface area contributed by atoms with Gasteiger partial charge in [0.05, 0.1) is 22.1 Å². The number of hydrogen-bond acceptors (Lipinski definition) is 2. The molecular formula is C49H33N3O. The normalized spacial score (nSPS) is 14.9. The summed E-state index contributed by atoms with van der Waals surface area (Å²) in [7, 11) is 0. The highest BCUT2D eigenvalue weighted by Gasteiger charge is 2.34. The van der Waals surface area contributed by atoms with Crippen LogP contribution in [0.3, 0.4) is 0 Å². The number of nitrogens with zero attached hydrogens (tertiary/aromatic N) is 3. The summed E-state index contributed by atoms with van der Waals surface area (Å²) in [6.07, 6.45) is 5.31. The van der Waals surface area contributed by atoms with E-state index in [-0.39, 0.29) is 6.10 Å². The second-order valence-electron chi connectivity index (χ2n) is 13.9. The number of imidazole rings is 1. The monoisotopic (exact) mass is 679 g/mol. The quantitative estimate of drug-likeness (QED) is 0.181. The van der Waals surface area contributed by atoms with Crippen LogP contribution >= 0.6 is 0 Å². The predicted molar refractivity (Wildman–Crippen MR) is 218 cm³/mol. The van der Waals surface area contributed by atoms with Crippen molar-refractivity contribution in [1.29, 1.82) is 0 Å². The summed E-state index contributed by atoms with van der Waals surface area (Å²) in [5, 5.41) is 2.52. The third-order valence-electron chi connectivity index (χ3n) is 10.9. The number of aromatic nitrogens is 3. The zero-order chi connectivity index (χ0) is 34.9. The van der Waals surface area contributed by atoms with Gasteiger partial charge >= 0.3 is 0 Å². The first kappa shape index (κ1) is 29.8. The molecule has 0 amide bonds. The molecule has 1 atom stereocenters. The molecule has 3 heterocycles. The van der Waals surface area contributed by atoms with Crippen molar-refractivity contribution < 1.29 is 4.74 Å². The molecule has 250 valence electrons. The highest BCUT2D eigenvalue weighted by atomic mass is 16.5. The first-order valence-electron chi connectivity index (χ1n) is 18.2. The molecule has 0 N–H and O–H groups in total. The lowest BCUT2D eigenvalue weighted by molar-refractivity contribution is 0.280. The summed E-state index contributed by atoms with van der Waals surface area (Å²) in [6, 6.07) is 60.3. The van der Waals surface area contributed by atoms with Gasteiger partial charge in [0.15, 0.2) is 0 Å². The molecule has 1 aliphatic carbocycles. The predicted octanol–water partition coefficient (Wildman–Crippen LogP) is 12.2. The zero-order valence-corrected chi connectivity index (χ0v) is 28.9. The second-order valence-corrected chi connectivity index (χ2v) is 13.9. The topological polar surface area (TPSA) is 32.0 Å². The van der Waals surface area contributed by atoms with Crippen molar-refractivity contribution in [3.8, 4) is 45.1 Å². The van der Waals surface area contributed by atoms with Crippen molar-refractivity contribution in [2.75, 3.05) is 0 Å². The van der Waals surface area contributed by atoms with Gasteiger partial charge in [-0.15, -0.1) is 0 Å². The van der Waals surface area contributed by atoms with Crippen LogP contribution in [0.1, 0.15) is 12.0 Å². The van der Waals surface area contributed by atoms with E-state index in [1.54, 1.807) is 0 Å². The van der Waals surface area contributed by atoms with E-state index in [4.69, 9.17) is 9.72 Å². The van der Waals surface area contributed by atoms with Gasteiger partial charge in [0.2, 0.25) is 0 Å². The Kier molecular flexibility index (Phi) is 6.65. The maximum atomic E-state index is 6.76. The zero-order valence-electron chi connectivity index (χ0n) is 28.9. The fourth-order valence-corrected chi connectivity index (χ4v) is 8.45. The van der Waals surface area contributed by atoms with E-state index in [9.17, 15) is 0 Å². The van der Waals surface area contributed by atoms with Crippen molar-refractivity contribution >= 4 is 44.1 Å². The van der Waals surface area contributed by atoms with Crippen molar-refractivity contribution in [2.45, 2.75) is 12.5 Å². The van der Waals surface area contributed by atoms with Crippen LogP contribution in [0.5, 0.6) is 5.75 Å². The van der Waals surface area contributed by atoms with Gasteiger partial charge < -0.3 is 9.30 Å². The SMILES string of the molecule is C1=C2c3c(cccc3-c3ccc(-n4c(-c5ccccc5)nc5ccccc54)cc3)OC2CC(n2c3ccccc3c3cc(-c4ccccc4)ccc32)=C1. The number of fused-ring (bicyclic) bond motifs is 7. The van der Waals surface area contributed by atoms with E-state index in [2.05, 4.69) is 179 Å². The first-order chi connectivity index (χ1) is 26.3. The molecule has 4 nitrogen and oxygen atoms in total. The Labute approximate surface area is 307 Å². The number of hydrogen-bond donors (Lipinski definition) is 0. The van der Waals surface area contributed by atoms with Crippen molar-refractivity contribution in [1.82, 2.24) is 14.1 Å². The van der Waals surface area contributed by atoms with E-state index in [0.717, 1.165) is 45.8 Å². The van der Waals surface area contributed by atoms with E-state index in [1.807, 2.05) is 12.1 Å². The third kappa shape index (κ3) is 4.73. The Bertz CT molecular complexity index is 2930. The molecular weight excluding hydrogens is 647 g/mol. The number of allylic oxidation sites excluding steroid dienone is 2. The Balaban J connectivity index is 0.980. The smallest absolute Gasteiger partial charge is 0.145 e. The molecule has 1 unspecified atom stereocenters. The van der Waals surface area contributed by atoms with Gasteiger partial charge in [-0.05, 0) is 76.9 Å². The first-order valence-corrected chi connectivity index (χ1v) is 18.2. The van der Waals surface area contributed by atoms with Crippen LogP contribution in [0.15, 0.2) is 182 Å². The lowest BCUT2D eigenvalue weighted by atomic mass is 9.89. The highest BCUT2D eigenvalue weighted by Crippen LogP contribution is 2.48. The maximum absolute atomic E-state index is 6.76. The van der Waals surface area contributed by atoms with Crippen LogP contribution in [0.4, 0.5) is 0 Å². The molecule has 4 heteroatoms. The number of rotatable bonds is 5. The van der Waals surface area contributed by atoms with Crippen molar-refractivity contribution in [2.24, 2.45) is 0 Å². The fourth-order valence-electron chi connectivity index (χ4n) is 8.45. The average Bonchev–Trinajstić information content (AvgIpc) is 3.91. The molecule has 0 bridgehead atoms. The van der Waals surface area contributed by atoms with Gasteiger partial charge in [0.1, 0.15) is 17.7 Å². The maximum Gasteiger partial charge on any atom is 0.145 e. The lowest BCUT2D eigenvalue weighted by Gasteiger charge is -2.21. The van der Waals surface area contributed by atoms with Crippen LogP contribution < -0.4 is 4.74 Å². The minimum absolute atomic E-state index is 0.0593. The molecule has 2 aliphatic rings. The molecule has 0 saturated heterocycles. The molecule has 0 fully saturated rings. The third-order valence-corrected chi connectivity index (χ3v) is 10.9. The Morgan fingerprint density at radius 2 is 1.21 bits per heavy atom. The summed E-state index contributed by atoms with van der Waals surface area (Å²) >= 11 is 0. The van der Waals surface area contributed by atoms with Crippen molar-refractivity contribution in [3.05, 3.63) is 188 Å². The number of para-hydroxylation sites is 3. The molecule has 11 rings (SSSR count). The van der Waals surface area contributed by atoms with Gasteiger partial charge in [-0.1, -0.05) is 127 Å². The molecule has 53 heavy (non-hydrogen) atoms. The number of ether oxygens (including phenoxy) is 1. The Morgan fingerprint density at radius 3 is 2.04 bits per heavy atom. The molecule has 1 aliphatic heterocycles. The minimum atomic E-state index is -0.0593. The Hall–Kier alpha value is -6.91. The van der Waals surface area contributed by atoms with Crippen LogP contribution in [-0.2, 0) is 0 Å². The molecule has 9 aromatic rings. The van der Waals surface area contributed by atoms with E-state index < -0.39 is 0 Å².